The molecule has 160 valence electrons. The molecule has 0 bridgehead atoms. The van der Waals surface area contributed by atoms with Gasteiger partial charge in [-0.1, -0.05) is 31.2 Å². The van der Waals surface area contributed by atoms with E-state index >= 15 is 0 Å². The highest BCUT2D eigenvalue weighted by Gasteiger charge is 2.30. The van der Waals surface area contributed by atoms with Gasteiger partial charge in [0.2, 0.25) is 0 Å². The first-order valence-corrected chi connectivity index (χ1v) is 8.90. The summed E-state index contributed by atoms with van der Waals surface area (Å²) in [5.41, 5.74) is 8.68. The number of nitrogens with two attached hydrogens (primary N) is 1. The minimum Gasteiger partial charge on any atom is -0.406 e. The van der Waals surface area contributed by atoms with E-state index in [1.165, 1.54) is 29.8 Å². The van der Waals surface area contributed by atoms with Gasteiger partial charge in [-0.25, -0.2) is 0 Å². The summed E-state index contributed by atoms with van der Waals surface area (Å²) in [5.74, 6) is -0.255. The SMILES string of the molecule is CCc1cccc(NC(N)=NCC(CO)Cc2ccc(OC(F)(F)F)cc2)c1.I. The summed E-state index contributed by atoms with van der Waals surface area (Å²) < 4.78 is 40.4. The van der Waals surface area contributed by atoms with E-state index in [1.54, 1.807) is 0 Å². The number of hydrogen-bond acceptors (Lipinski definition) is 3. The fourth-order valence-corrected chi connectivity index (χ4v) is 2.63. The van der Waals surface area contributed by atoms with E-state index in [2.05, 4.69) is 22.0 Å². The molecule has 0 saturated heterocycles. The van der Waals surface area contributed by atoms with Crippen LogP contribution < -0.4 is 15.8 Å². The summed E-state index contributed by atoms with van der Waals surface area (Å²) in [4.78, 5) is 4.26. The van der Waals surface area contributed by atoms with Crippen LogP contribution in [0.5, 0.6) is 5.75 Å². The minimum absolute atomic E-state index is 0. The molecule has 0 spiro atoms. The van der Waals surface area contributed by atoms with Gasteiger partial charge in [0.25, 0.3) is 0 Å². The number of aryl methyl sites for hydroxylation is 1. The molecule has 0 fully saturated rings. The topological polar surface area (TPSA) is 79.9 Å². The molecule has 29 heavy (non-hydrogen) atoms. The van der Waals surface area contributed by atoms with Gasteiger partial charge >= 0.3 is 6.36 Å². The molecule has 1 unspecified atom stereocenters. The van der Waals surface area contributed by atoms with Gasteiger partial charge in [-0.3, -0.25) is 4.99 Å². The average Bonchev–Trinajstić information content (AvgIpc) is 2.65. The molecule has 0 heterocycles. The van der Waals surface area contributed by atoms with Crippen LogP contribution >= 0.6 is 24.0 Å². The second-order valence-electron chi connectivity index (χ2n) is 6.35. The third-order valence-corrected chi connectivity index (χ3v) is 4.07. The summed E-state index contributed by atoms with van der Waals surface area (Å²) >= 11 is 0. The average molecular weight is 523 g/mol. The number of hydrogen-bond donors (Lipinski definition) is 3. The number of ether oxygens (including phenoxy) is 1. The van der Waals surface area contributed by atoms with Gasteiger partial charge < -0.3 is 20.9 Å². The van der Waals surface area contributed by atoms with Gasteiger partial charge in [-0.05, 0) is 48.2 Å². The van der Waals surface area contributed by atoms with Crippen LogP contribution in [0, 0.1) is 5.92 Å². The number of aliphatic hydroxyl groups excluding tert-OH is 1. The molecular formula is C20H25F3IN3O2. The Morgan fingerprint density at radius 1 is 1.17 bits per heavy atom. The van der Waals surface area contributed by atoms with Crippen molar-refractivity contribution in [1.29, 1.82) is 0 Å². The van der Waals surface area contributed by atoms with Crippen molar-refractivity contribution < 1.29 is 23.0 Å². The number of alkyl halides is 3. The predicted molar refractivity (Wildman–Crippen MR) is 119 cm³/mol. The molecule has 4 N–H and O–H groups in total. The molecule has 2 aromatic rings. The highest BCUT2D eigenvalue weighted by Crippen LogP contribution is 2.23. The first kappa shape index (κ1) is 25.0. The Hall–Kier alpha value is -2.01. The molecular weight excluding hydrogens is 498 g/mol. The number of anilines is 1. The van der Waals surface area contributed by atoms with Crippen LogP contribution in [0.25, 0.3) is 0 Å². The van der Waals surface area contributed by atoms with Crippen molar-refractivity contribution in [2.75, 3.05) is 18.5 Å². The summed E-state index contributed by atoms with van der Waals surface area (Å²) in [6, 6.07) is 13.4. The van der Waals surface area contributed by atoms with Crippen molar-refractivity contribution in [3.05, 3.63) is 59.7 Å². The maximum Gasteiger partial charge on any atom is 0.573 e. The largest absolute Gasteiger partial charge is 0.573 e. The van der Waals surface area contributed by atoms with E-state index in [1.807, 2.05) is 24.3 Å². The number of aliphatic hydroxyl groups is 1. The van der Waals surface area contributed by atoms with E-state index < -0.39 is 6.36 Å². The van der Waals surface area contributed by atoms with E-state index in [4.69, 9.17) is 5.73 Å². The van der Waals surface area contributed by atoms with E-state index in [-0.39, 0.29) is 54.8 Å². The Bertz CT molecular complexity index is 783. The zero-order valence-corrected chi connectivity index (χ0v) is 18.3. The number of halogens is 4. The molecule has 0 radical (unpaired) electrons. The molecule has 0 amide bonds. The van der Waals surface area contributed by atoms with Crippen LogP contribution in [0.2, 0.25) is 0 Å². The highest BCUT2D eigenvalue weighted by atomic mass is 127. The van der Waals surface area contributed by atoms with Crippen molar-refractivity contribution in [3.63, 3.8) is 0 Å². The maximum absolute atomic E-state index is 12.2. The van der Waals surface area contributed by atoms with Crippen LogP contribution in [-0.4, -0.2) is 30.6 Å². The standard InChI is InChI=1S/C20H24F3N3O2.HI/c1-2-14-4-3-5-17(11-14)26-19(24)25-12-16(13-27)10-15-6-8-18(9-7-15)28-20(21,22)23;/h3-9,11,16,27H,2,10,12-13H2,1H3,(H3,24,25,26);1H. The number of benzene rings is 2. The van der Waals surface area contributed by atoms with E-state index in [0.717, 1.165) is 17.7 Å². The summed E-state index contributed by atoms with van der Waals surface area (Å²) in [6.07, 6.45) is -3.36. The molecule has 0 aromatic heterocycles. The number of nitrogens with one attached hydrogen (secondary N) is 1. The lowest BCUT2D eigenvalue weighted by atomic mass is 10.0. The van der Waals surface area contributed by atoms with Crippen LogP contribution in [0.1, 0.15) is 18.1 Å². The third-order valence-electron chi connectivity index (χ3n) is 4.07. The van der Waals surface area contributed by atoms with Crippen molar-refractivity contribution in [1.82, 2.24) is 0 Å². The Balaban J connectivity index is 0.00000420. The Morgan fingerprint density at radius 2 is 1.86 bits per heavy atom. The van der Waals surface area contributed by atoms with Crippen LogP contribution in [-0.2, 0) is 12.8 Å². The van der Waals surface area contributed by atoms with Gasteiger partial charge in [0.05, 0.1) is 0 Å². The van der Waals surface area contributed by atoms with Gasteiger partial charge in [0, 0.05) is 24.8 Å². The van der Waals surface area contributed by atoms with Gasteiger partial charge in [-0.2, -0.15) is 0 Å². The highest BCUT2D eigenvalue weighted by molar-refractivity contribution is 14.0. The summed E-state index contributed by atoms with van der Waals surface area (Å²) in [7, 11) is 0. The lowest BCUT2D eigenvalue weighted by Crippen LogP contribution is -2.25. The second-order valence-corrected chi connectivity index (χ2v) is 6.35. The van der Waals surface area contributed by atoms with Crippen LogP contribution in [0.15, 0.2) is 53.5 Å². The molecule has 2 aromatic carbocycles. The smallest absolute Gasteiger partial charge is 0.406 e. The lowest BCUT2D eigenvalue weighted by Gasteiger charge is -2.14. The third kappa shape index (κ3) is 9.35. The first-order valence-electron chi connectivity index (χ1n) is 8.90. The molecule has 2 rings (SSSR count). The van der Waals surface area contributed by atoms with Gasteiger partial charge in [0.15, 0.2) is 5.96 Å². The maximum atomic E-state index is 12.2. The number of rotatable bonds is 8. The zero-order chi connectivity index (χ0) is 20.6. The molecule has 9 heteroatoms. The van der Waals surface area contributed by atoms with Gasteiger partial charge in [0.1, 0.15) is 5.75 Å². The first-order chi connectivity index (χ1) is 13.3. The van der Waals surface area contributed by atoms with Crippen LogP contribution in [0.4, 0.5) is 18.9 Å². The molecule has 0 aliphatic heterocycles. The molecule has 5 nitrogen and oxygen atoms in total. The van der Waals surface area contributed by atoms with Gasteiger partial charge in [-0.15, -0.1) is 37.1 Å². The van der Waals surface area contributed by atoms with E-state index in [9.17, 15) is 18.3 Å². The minimum atomic E-state index is -4.72. The molecule has 0 aliphatic carbocycles. The second kappa shape index (κ2) is 11.9. The van der Waals surface area contributed by atoms with Crippen LogP contribution in [0.3, 0.4) is 0 Å². The van der Waals surface area contributed by atoms with Crippen molar-refractivity contribution in [2.24, 2.45) is 16.6 Å². The monoisotopic (exact) mass is 523 g/mol. The Morgan fingerprint density at radius 3 is 2.45 bits per heavy atom. The molecule has 1 atom stereocenters. The summed E-state index contributed by atoms with van der Waals surface area (Å²) in [5, 5.41) is 12.6. The fourth-order valence-electron chi connectivity index (χ4n) is 2.63. The molecule has 0 aliphatic rings. The summed E-state index contributed by atoms with van der Waals surface area (Å²) in [6.45, 7) is 2.22. The predicted octanol–water partition coefficient (Wildman–Crippen LogP) is 4.34. The van der Waals surface area contributed by atoms with Crippen molar-refractivity contribution >= 4 is 35.6 Å². The van der Waals surface area contributed by atoms with Crippen molar-refractivity contribution in [2.45, 2.75) is 26.1 Å². The quantitative estimate of drug-likeness (QED) is 0.273. The number of nitrogens with zero attached hydrogens (tertiary/aromatic N) is 1. The fraction of sp³-hybridized carbons (Fsp3) is 0.350. The van der Waals surface area contributed by atoms with E-state index in [0.29, 0.717) is 6.42 Å². The van der Waals surface area contributed by atoms with Crippen molar-refractivity contribution in [3.8, 4) is 5.75 Å². The number of aliphatic imine (C=N–C) groups is 1. The normalized spacial score (nSPS) is 12.8. The Labute approximate surface area is 185 Å². The lowest BCUT2D eigenvalue weighted by molar-refractivity contribution is -0.274. The number of guanidine groups is 1. The molecule has 0 saturated carbocycles. The zero-order valence-electron chi connectivity index (χ0n) is 15.9. The Kier molecular flexibility index (Phi) is 10.2.